The highest BCUT2D eigenvalue weighted by molar-refractivity contribution is 7.91. The van der Waals surface area contributed by atoms with Gasteiger partial charge in [-0.25, -0.2) is 8.42 Å². The van der Waals surface area contributed by atoms with Crippen molar-refractivity contribution >= 4 is 33.1 Å². The van der Waals surface area contributed by atoms with Crippen molar-refractivity contribution in [1.82, 2.24) is 9.55 Å². The molecule has 0 fully saturated rings. The van der Waals surface area contributed by atoms with Gasteiger partial charge < -0.3 is 9.55 Å². The maximum Gasteiger partial charge on any atom is 0.178 e. The van der Waals surface area contributed by atoms with Crippen molar-refractivity contribution in [3.05, 3.63) is 23.0 Å². The van der Waals surface area contributed by atoms with Crippen LogP contribution in [-0.2, 0) is 9.84 Å². The van der Waals surface area contributed by atoms with Gasteiger partial charge in [-0.3, -0.25) is 0 Å². The first-order valence-corrected chi connectivity index (χ1v) is 9.00. The third-order valence-electron chi connectivity index (χ3n) is 3.63. The number of aromatic nitrogens is 2. The van der Waals surface area contributed by atoms with Gasteiger partial charge in [-0.2, -0.15) is 0 Å². The molecule has 0 saturated carbocycles. The van der Waals surface area contributed by atoms with Gasteiger partial charge in [0.1, 0.15) is 0 Å². The maximum absolute atomic E-state index is 11.9. The first kappa shape index (κ1) is 15.3. The van der Waals surface area contributed by atoms with Crippen molar-refractivity contribution in [1.29, 1.82) is 0 Å². The van der Waals surface area contributed by atoms with E-state index in [1.807, 2.05) is 10.6 Å². The molecule has 1 aromatic heterocycles. The molecule has 0 spiro atoms. The molecule has 2 rings (SSSR count). The van der Waals surface area contributed by atoms with Gasteiger partial charge >= 0.3 is 0 Å². The Morgan fingerprint density at radius 3 is 2.50 bits per heavy atom. The second-order valence-electron chi connectivity index (χ2n) is 5.44. The van der Waals surface area contributed by atoms with Crippen LogP contribution >= 0.6 is 12.2 Å². The first-order valence-electron chi connectivity index (χ1n) is 6.70. The van der Waals surface area contributed by atoms with Crippen molar-refractivity contribution in [2.24, 2.45) is 5.92 Å². The lowest BCUT2D eigenvalue weighted by Gasteiger charge is -2.21. The molecule has 1 heterocycles. The molecular weight excluding hydrogens is 292 g/mol. The molecule has 6 heteroatoms. The minimum absolute atomic E-state index is 0.256. The van der Waals surface area contributed by atoms with E-state index in [1.54, 1.807) is 12.1 Å². The summed E-state index contributed by atoms with van der Waals surface area (Å²) in [6.07, 6.45) is 2.16. The number of hydrogen-bond acceptors (Lipinski definition) is 3. The summed E-state index contributed by atoms with van der Waals surface area (Å²) in [4.78, 5) is 3.37. The highest BCUT2D eigenvalue weighted by Gasteiger charge is 2.20. The van der Waals surface area contributed by atoms with Gasteiger partial charge in [0.2, 0.25) is 0 Å². The summed E-state index contributed by atoms with van der Waals surface area (Å²) in [5, 5.41) is 0. The lowest BCUT2D eigenvalue weighted by atomic mass is 10.0. The fourth-order valence-electron chi connectivity index (χ4n) is 2.71. The molecule has 0 aliphatic carbocycles. The Labute approximate surface area is 124 Å². The zero-order valence-corrected chi connectivity index (χ0v) is 13.8. The number of H-pyrrole nitrogens is 1. The quantitative estimate of drug-likeness (QED) is 0.876. The molecule has 1 aromatic carbocycles. The van der Waals surface area contributed by atoms with Gasteiger partial charge in [0.05, 0.1) is 15.9 Å². The summed E-state index contributed by atoms with van der Waals surface area (Å²) in [5.41, 5.74) is 1.47. The van der Waals surface area contributed by atoms with Crippen LogP contribution in [-0.4, -0.2) is 24.2 Å². The summed E-state index contributed by atoms with van der Waals surface area (Å²) in [5.74, 6) is 0.424. The van der Waals surface area contributed by atoms with Crippen LogP contribution in [0.3, 0.4) is 0 Å². The lowest BCUT2D eigenvalue weighted by molar-refractivity contribution is 0.370. The topological polar surface area (TPSA) is 54.9 Å². The Hall–Kier alpha value is -1.14. The van der Waals surface area contributed by atoms with Crippen molar-refractivity contribution in [3.63, 3.8) is 0 Å². The Morgan fingerprint density at radius 1 is 1.35 bits per heavy atom. The van der Waals surface area contributed by atoms with E-state index in [0.717, 1.165) is 11.9 Å². The van der Waals surface area contributed by atoms with Crippen LogP contribution in [0.4, 0.5) is 0 Å². The zero-order chi connectivity index (χ0) is 15.1. The highest BCUT2D eigenvalue weighted by Crippen LogP contribution is 2.29. The van der Waals surface area contributed by atoms with Crippen molar-refractivity contribution in [2.45, 2.75) is 38.1 Å². The van der Waals surface area contributed by atoms with Crippen LogP contribution in [0.25, 0.3) is 11.0 Å². The summed E-state index contributed by atoms with van der Waals surface area (Å²) in [6.45, 7) is 6.41. The normalized spacial score (nSPS) is 14.1. The molecule has 4 nitrogen and oxygen atoms in total. The predicted molar refractivity (Wildman–Crippen MR) is 84.4 cm³/mol. The Kier molecular flexibility index (Phi) is 4.07. The number of imidazole rings is 1. The van der Waals surface area contributed by atoms with Crippen LogP contribution in [0.15, 0.2) is 23.1 Å². The molecule has 0 bridgehead atoms. The summed E-state index contributed by atoms with van der Waals surface area (Å²) in [6, 6.07) is 5.56. The fourth-order valence-corrected chi connectivity index (χ4v) is 3.90. The molecule has 0 aliphatic heterocycles. The summed E-state index contributed by atoms with van der Waals surface area (Å²) < 4.78 is 26.4. The molecule has 1 unspecified atom stereocenters. The van der Waals surface area contributed by atoms with Crippen molar-refractivity contribution in [3.8, 4) is 0 Å². The van der Waals surface area contributed by atoms with Gasteiger partial charge in [0.25, 0.3) is 0 Å². The van der Waals surface area contributed by atoms with E-state index in [1.165, 1.54) is 6.26 Å². The number of sulfone groups is 1. The van der Waals surface area contributed by atoms with E-state index in [0.29, 0.717) is 21.1 Å². The maximum atomic E-state index is 11.9. The van der Waals surface area contributed by atoms with Gasteiger partial charge in [0.15, 0.2) is 14.6 Å². The molecular formula is C14H20N2O2S2. The van der Waals surface area contributed by atoms with Crippen molar-refractivity contribution < 1.29 is 8.42 Å². The van der Waals surface area contributed by atoms with Gasteiger partial charge in [-0.1, -0.05) is 26.8 Å². The number of rotatable bonds is 4. The number of para-hydroxylation sites is 1. The van der Waals surface area contributed by atoms with Crippen molar-refractivity contribution in [2.75, 3.05) is 6.26 Å². The van der Waals surface area contributed by atoms with E-state index >= 15 is 0 Å². The standard InChI is InChI=1S/C14H20N2O2S2/c1-5-10(9(2)3)16-11-7-6-8-12(20(4,17)18)13(11)15-14(16)19/h6-10H,5H2,1-4H3,(H,15,19). The molecule has 2 aromatic rings. The molecule has 0 amide bonds. The first-order chi connectivity index (χ1) is 9.27. The van der Waals surface area contributed by atoms with Crippen LogP contribution in [0.2, 0.25) is 0 Å². The summed E-state index contributed by atoms with van der Waals surface area (Å²) in [7, 11) is -3.28. The number of hydrogen-bond donors (Lipinski definition) is 1. The van der Waals surface area contributed by atoms with E-state index < -0.39 is 9.84 Å². The van der Waals surface area contributed by atoms with E-state index in [2.05, 4.69) is 25.8 Å². The predicted octanol–water partition coefficient (Wildman–Crippen LogP) is 3.71. The molecule has 0 radical (unpaired) electrons. The largest absolute Gasteiger partial charge is 0.329 e. The van der Waals surface area contributed by atoms with E-state index in [4.69, 9.17) is 12.2 Å². The van der Waals surface area contributed by atoms with Crippen LogP contribution in [0.1, 0.15) is 33.2 Å². The number of aromatic amines is 1. The second-order valence-corrected chi connectivity index (χ2v) is 7.81. The number of fused-ring (bicyclic) bond motifs is 1. The molecule has 0 aliphatic rings. The number of nitrogens with zero attached hydrogens (tertiary/aromatic N) is 1. The Balaban J connectivity index is 2.83. The number of benzene rings is 1. The van der Waals surface area contributed by atoms with Gasteiger partial charge in [-0.05, 0) is 36.7 Å². The van der Waals surface area contributed by atoms with Gasteiger partial charge in [0, 0.05) is 12.3 Å². The van der Waals surface area contributed by atoms with Crippen LogP contribution in [0.5, 0.6) is 0 Å². The van der Waals surface area contributed by atoms with Crippen LogP contribution < -0.4 is 0 Å². The minimum atomic E-state index is -3.28. The molecule has 1 atom stereocenters. The van der Waals surface area contributed by atoms with Gasteiger partial charge in [-0.15, -0.1) is 0 Å². The third-order valence-corrected chi connectivity index (χ3v) is 5.07. The fraction of sp³-hybridized carbons (Fsp3) is 0.500. The smallest absolute Gasteiger partial charge is 0.178 e. The lowest BCUT2D eigenvalue weighted by Crippen LogP contribution is -2.14. The van der Waals surface area contributed by atoms with E-state index in [-0.39, 0.29) is 6.04 Å². The van der Waals surface area contributed by atoms with E-state index in [9.17, 15) is 8.42 Å². The zero-order valence-electron chi connectivity index (χ0n) is 12.2. The number of nitrogens with one attached hydrogen (secondary N) is 1. The monoisotopic (exact) mass is 312 g/mol. The average Bonchev–Trinajstić information content (AvgIpc) is 2.65. The molecule has 110 valence electrons. The minimum Gasteiger partial charge on any atom is -0.329 e. The Bertz CT molecular complexity index is 785. The molecule has 20 heavy (non-hydrogen) atoms. The Morgan fingerprint density at radius 2 is 2.00 bits per heavy atom. The third kappa shape index (κ3) is 2.54. The summed E-state index contributed by atoms with van der Waals surface area (Å²) >= 11 is 5.41. The highest BCUT2D eigenvalue weighted by atomic mass is 32.2. The average molecular weight is 312 g/mol. The molecule has 1 N–H and O–H groups in total. The second kappa shape index (κ2) is 5.33. The SMILES string of the molecule is CCC(C(C)C)n1c(=S)[nH]c2c(S(C)(=O)=O)cccc21. The molecule has 0 saturated heterocycles. The van der Waals surface area contributed by atoms with Crippen LogP contribution in [0, 0.1) is 10.7 Å².